The lowest BCUT2D eigenvalue weighted by Crippen LogP contribution is -2.45. The van der Waals surface area contributed by atoms with E-state index in [4.69, 9.17) is 4.74 Å². The number of unbranched alkanes of at least 4 members (excludes halogenated alkanes) is 6. The number of rotatable bonds is 14. The van der Waals surface area contributed by atoms with Crippen LogP contribution >= 0.6 is 0 Å². The van der Waals surface area contributed by atoms with Crippen molar-refractivity contribution in [2.45, 2.75) is 115 Å². The molecule has 4 unspecified atom stereocenters. The predicted molar refractivity (Wildman–Crippen MR) is 121 cm³/mol. The first-order chi connectivity index (χ1) is 14.4. The van der Waals surface area contributed by atoms with Gasteiger partial charge in [0, 0.05) is 6.04 Å². The first kappa shape index (κ1) is 24.8. The Morgan fingerprint density at radius 3 is 2.47 bits per heavy atom. The molecule has 0 fully saturated rings. The van der Waals surface area contributed by atoms with E-state index in [1.54, 1.807) is 6.92 Å². The molecule has 0 bridgehead atoms. The van der Waals surface area contributed by atoms with Crippen LogP contribution in [-0.4, -0.2) is 40.5 Å². The average molecular weight is 420 g/mol. The minimum atomic E-state index is -0.816. The van der Waals surface area contributed by atoms with Crippen LogP contribution in [0.25, 0.3) is 0 Å². The number of aliphatic hydroxyl groups excluding tert-OH is 1. The van der Waals surface area contributed by atoms with Crippen LogP contribution in [0.5, 0.6) is 0 Å². The van der Waals surface area contributed by atoms with E-state index >= 15 is 0 Å². The van der Waals surface area contributed by atoms with E-state index in [0.29, 0.717) is 12.8 Å². The molecule has 1 aliphatic rings. The number of carboxylic acid groups (broad SMARTS) is 1. The van der Waals surface area contributed by atoms with E-state index in [1.165, 1.54) is 38.5 Å². The molecule has 0 saturated heterocycles. The highest BCUT2D eigenvalue weighted by molar-refractivity contribution is 5.74. The fraction of sp³-hybridized carbons (Fsp3) is 0.720. The summed E-state index contributed by atoms with van der Waals surface area (Å²) < 4.78 is 6.23. The van der Waals surface area contributed by atoms with Gasteiger partial charge in [-0.05, 0) is 44.2 Å². The number of benzene rings is 1. The largest absolute Gasteiger partial charge is 0.480 e. The Morgan fingerprint density at radius 2 is 1.80 bits per heavy atom. The SMILES string of the molecule is CCCCCCCCCC(OC(C)C[C@@H]1NC(C(=O)O)Cc2ccccc21)C(C)O. The average Bonchev–Trinajstić information content (AvgIpc) is 2.71. The maximum Gasteiger partial charge on any atom is 0.321 e. The van der Waals surface area contributed by atoms with Gasteiger partial charge in [-0.3, -0.25) is 10.1 Å². The third kappa shape index (κ3) is 8.01. The molecule has 30 heavy (non-hydrogen) atoms. The van der Waals surface area contributed by atoms with E-state index in [9.17, 15) is 15.0 Å². The van der Waals surface area contributed by atoms with Crippen LogP contribution in [0.3, 0.4) is 0 Å². The fourth-order valence-corrected chi connectivity index (χ4v) is 4.44. The van der Waals surface area contributed by atoms with Crippen molar-refractivity contribution in [2.75, 3.05) is 0 Å². The number of carboxylic acids is 1. The highest BCUT2D eigenvalue weighted by atomic mass is 16.5. The van der Waals surface area contributed by atoms with Gasteiger partial charge < -0.3 is 14.9 Å². The first-order valence-corrected chi connectivity index (χ1v) is 11.8. The van der Waals surface area contributed by atoms with Gasteiger partial charge in [0.25, 0.3) is 0 Å². The zero-order chi connectivity index (χ0) is 21.9. The molecular weight excluding hydrogens is 378 g/mol. The molecule has 0 spiro atoms. The van der Waals surface area contributed by atoms with Crippen molar-refractivity contribution in [1.82, 2.24) is 5.32 Å². The van der Waals surface area contributed by atoms with Gasteiger partial charge in [0.2, 0.25) is 0 Å². The molecular formula is C25H41NO4. The molecule has 1 aliphatic heterocycles. The van der Waals surface area contributed by atoms with Crippen LogP contribution in [0.2, 0.25) is 0 Å². The number of aliphatic carboxylic acids is 1. The molecule has 3 N–H and O–H groups in total. The quantitative estimate of drug-likeness (QED) is 0.369. The maximum absolute atomic E-state index is 11.6. The van der Waals surface area contributed by atoms with E-state index in [0.717, 1.165) is 24.0 Å². The summed E-state index contributed by atoms with van der Waals surface area (Å²) in [5.41, 5.74) is 2.25. The number of carbonyl (C=O) groups is 1. The van der Waals surface area contributed by atoms with Gasteiger partial charge in [-0.25, -0.2) is 0 Å². The number of nitrogens with one attached hydrogen (secondary N) is 1. The summed E-state index contributed by atoms with van der Waals surface area (Å²) in [6.45, 7) is 6.05. The van der Waals surface area contributed by atoms with Crippen molar-refractivity contribution < 1.29 is 19.7 Å². The fourth-order valence-electron chi connectivity index (χ4n) is 4.44. The molecule has 0 aromatic heterocycles. The zero-order valence-corrected chi connectivity index (χ0v) is 19.0. The Labute approximate surface area is 182 Å². The maximum atomic E-state index is 11.6. The second-order valence-corrected chi connectivity index (χ2v) is 8.88. The summed E-state index contributed by atoms with van der Waals surface area (Å²) in [4.78, 5) is 11.6. The molecule has 0 aliphatic carbocycles. The van der Waals surface area contributed by atoms with Gasteiger partial charge >= 0.3 is 5.97 Å². The summed E-state index contributed by atoms with van der Waals surface area (Å²) in [6, 6.07) is 7.42. The molecule has 1 heterocycles. The van der Waals surface area contributed by atoms with Crippen molar-refractivity contribution in [3.63, 3.8) is 0 Å². The molecule has 1 aromatic carbocycles. The molecule has 0 radical (unpaired) electrons. The summed E-state index contributed by atoms with van der Waals surface area (Å²) in [7, 11) is 0. The summed E-state index contributed by atoms with van der Waals surface area (Å²) in [5, 5.41) is 23.0. The van der Waals surface area contributed by atoms with Gasteiger partial charge in [-0.15, -0.1) is 0 Å². The number of fused-ring (bicyclic) bond motifs is 1. The minimum absolute atomic E-state index is 0.0562. The van der Waals surface area contributed by atoms with Crippen molar-refractivity contribution in [3.05, 3.63) is 35.4 Å². The highest BCUT2D eigenvalue weighted by Crippen LogP contribution is 2.30. The molecule has 5 nitrogen and oxygen atoms in total. The van der Waals surface area contributed by atoms with Gasteiger partial charge in [-0.2, -0.15) is 0 Å². The Hall–Kier alpha value is -1.43. The van der Waals surface area contributed by atoms with Crippen molar-refractivity contribution in [1.29, 1.82) is 0 Å². The summed E-state index contributed by atoms with van der Waals surface area (Å²) in [5.74, 6) is -0.816. The lowest BCUT2D eigenvalue weighted by atomic mass is 9.87. The van der Waals surface area contributed by atoms with Crippen LogP contribution in [0.4, 0.5) is 0 Å². The summed E-state index contributed by atoms with van der Waals surface area (Å²) >= 11 is 0. The lowest BCUT2D eigenvalue weighted by Gasteiger charge is -2.34. The topological polar surface area (TPSA) is 78.8 Å². The third-order valence-corrected chi connectivity index (χ3v) is 6.16. The smallest absolute Gasteiger partial charge is 0.321 e. The van der Waals surface area contributed by atoms with Gasteiger partial charge in [0.05, 0.1) is 18.3 Å². The normalized spacial score (nSPS) is 21.6. The molecule has 0 amide bonds. The Kier molecular flexibility index (Phi) is 10.8. The number of hydrogen-bond acceptors (Lipinski definition) is 4. The molecule has 2 rings (SSSR count). The monoisotopic (exact) mass is 419 g/mol. The molecule has 5 atom stereocenters. The molecule has 170 valence electrons. The lowest BCUT2D eigenvalue weighted by molar-refractivity contribution is -0.140. The van der Waals surface area contributed by atoms with Crippen molar-refractivity contribution >= 4 is 5.97 Å². The van der Waals surface area contributed by atoms with Crippen molar-refractivity contribution in [3.8, 4) is 0 Å². The molecule has 0 saturated carbocycles. The van der Waals surface area contributed by atoms with Crippen LogP contribution in [-0.2, 0) is 16.0 Å². The van der Waals surface area contributed by atoms with E-state index in [1.807, 2.05) is 25.1 Å². The standard InChI is InChI=1S/C25H41NO4/c1-4-5-6-7-8-9-10-15-24(19(3)27)30-18(2)16-22-21-14-12-11-13-20(21)17-23(26-22)25(28)29/h11-14,18-19,22-24,26-27H,4-10,15-17H2,1-3H3,(H,28,29)/t18?,19?,22-,23?,24?/m0/s1. The van der Waals surface area contributed by atoms with Gasteiger partial charge in [-0.1, -0.05) is 76.1 Å². The van der Waals surface area contributed by atoms with Crippen molar-refractivity contribution in [2.24, 2.45) is 0 Å². The summed E-state index contributed by atoms with van der Waals surface area (Å²) in [6.07, 6.45) is 9.99. The van der Waals surface area contributed by atoms with Gasteiger partial charge in [0.1, 0.15) is 6.04 Å². The van der Waals surface area contributed by atoms with E-state index in [-0.39, 0.29) is 18.2 Å². The van der Waals surface area contributed by atoms with E-state index in [2.05, 4.69) is 18.3 Å². The molecule has 5 heteroatoms. The number of aliphatic hydroxyl groups is 1. The van der Waals surface area contributed by atoms with Crippen LogP contribution in [0.1, 0.15) is 95.7 Å². The Bertz CT molecular complexity index is 633. The van der Waals surface area contributed by atoms with Crippen LogP contribution < -0.4 is 5.32 Å². The van der Waals surface area contributed by atoms with Crippen LogP contribution in [0, 0.1) is 0 Å². The second-order valence-electron chi connectivity index (χ2n) is 8.88. The number of ether oxygens (including phenoxy) is 1. The third-order valence-electron chi connectivity index (χ3n) is 6.16. The van der Waals surface area contributed by atoms with Gasteiger partial charge in [0.15, 0.2) is 0 Å². The predicted octanol–water partition coefficient (Wildman–Crippen LogP) is 5.01. The number of hydrogen-bond donors (Lipinski definition) is 3. The van der Waals surface area contributed by atoms with E-state index < -0.39 is 18.1 Å². The molecule has 1 aromatic rings. The van der Waals surface area contributed by atoms with Crippen LogP contribution in [0.15, 0.2) is 24.3 Å². The zero-order valence-electron chi connectivity index (χ0n) is 19.0. The Morgan fingerprint density at radius 1 is 1.13 bits per heavy atom. The highest BCUT2D eigenvalue weighted by Gasteiger charge is 2.31. The second kappa shape index (κ2) is 13.1. The first-order valence-electron chi connectivity index (χ1n) is 11.8. The minimum Gasteiger partial charge on any atom is -0.480 e. The Balaban J connectivity index is 1.85.